The summed E-state index contributed by atoms with van der Waals surface area (Å²) < 4.78 is 13.4. The molecule has 3 rings (SSSR count). The number of rotatable bonds is 4. The predicted molar refractivity (Wildman–Crippen MR) is 95.3 cm³/mol. The first-order valence-corrected chi connectivity index (χ1v) is 9.05. The van der Waals surface area contributed by atoms with E-state index < -0.39 is 11.9 Å². The summed E-state index contributed by atoms with van der Waals surface area (Å²) in [5.74, 6) is -0.394. The van der Waals surface area contributed by atoms with Crippen LogP contribution in [0.25, 0.3) is 10.2 Å². The van der Waals surface area contributed by atoms with Crippen molar-refractivity contribution in [1.29, 1.82) is 0 Å². The second kappa shape index (κ2) is 7.32. The molecular weight excluding hydrogens is 410 g/mol. The highest BCUT2D eigenvalue weighted by molar-refractivity contribution is 9.10. The largest absolute Gasteiger partial charge is 0.465 e. The molecule has 0 aliphatic heterocycles. The lowest BCUT2D eigenvalue weighted by Gasteiger charge is -2.05. The summed E-state index contributed by atoms with van der Waals surface area (Å²) in [4.78, 5) is 28.8. The quantitative estimate of drug-likeness (QED) is 0.601. The number of hydrogen-bond donors (Lipinski definition) is 0. The fraction of sp³-hybridized carbons (Fsp3) is 0.250. The van der Waals surface area contributed by atoms with Crippen LogP contribution in [0.1, 0.15) is 23.2 Å². The average Bonchev–Trinajstić information content (AvgIpc) is 3.12. The molecule has 0 spiro atoms. The molecule has 0 atom stereocenters. The molecule has 0 bridgehead atoms. The van der Waals surface area contributed by atoms with Crippen LogP contribution >= 0.6 is 27.3 Å². The van der Waals surface area contributed by atoms with Crippen LogP contribution in [0, 0.1) is 6.92 Å². The fourth-order valence-corrected chi connectivity index (χ4v) is 3.81. The Morgan fingerprint density at radius 1 is 1.40 bits per heavy atom. The van der Waals surface area contributed by atoms with E-state index in [0.717, 1.165) is 14.7 Å². The molecule has 1 amide bonds. The van der Waals surface area contributed by atoms with Gasteiger partial charge < -0.3 is 13.8 Å². The summed E-state index contributed by atoms with van der Waals surface area (Å²) in [6, 6.07) is 7.15. The van der Waals surface area contributed by atoms with Gasteiger partial charge >= 0.3 is 11.9 Å². The molecule has 0 unspecified atom stereocenters. The van der Waals surface area contributed by atoms with Gasteiger partial charge in [0, 0.05) is 10.5 Å². The van der Waals surface area contributed by atoms with Crippen molar-refractivity contribution in [2.45, 2.75) is 20.4 Å². The van der Waals surface area contributed by atoms with Gasteiger partial charge in [0.15, 0.2) is 10.5 Å². The minimum absolute atomic E-state index is 0.0283. The number of aromatic nitrogens is 2. The van der Waals surface area contributed by atoms with Crippen LogP contribution in [0.15, 0.2) is 38.3 Å². The van der Waals surface area contributed by atoms with E-state index in [-0.39, 0.29) is 18.8 Å². The first kappa shape index (κ1) is 17.6. The summed E-state index contributed by atoms with van der Waals surface area (Å²) in [7, 11) is 0. The lowest BCUT2D eigenvalue weighted by molar-refractivity contribution is -0.143. The normalized spacial score (nSPS) is 11.9. The molecule has 0 aliphatic carbocycles. The predicted octanol–water partition coefficient (Wildman–Crippen LogP) is 3.07. The van der Waals surface area contributed by atoms with Gasteiger partial charge in [-0.15, -0.1) is 0 Å². The van der Waals surface area contributed by atoms with Crippen molar-refractivity contribution in [2.75, 3.05) is 6.61 Å². The number of carbonyl (C=O) groups excluding carboxylic acids is 2. The van der Waals surface area contributed by atoms with Crippen LogP contribution < -0.4 is 4.80 Å². The highest BCUT2D eigenvalue weighted by Crippen LogP contribution is 2.22. The Morgan fingerprint density at radius 3 is 2.88 bits per heavy atom. The first-order valence-electron chi connectivity index (χ1n) is 7.45. The monoisotopic (exact) mass is 423 g/mol. The van der Waals surface area contributed by atoms with Gasteiger partial charge in [-0.05, 0) is 32.0 Å². The summed E-state index contributed by atoms with van der Waals surface area (Å²) in [5, 5.41) is 3.68. The van der Waals surface area contributed by atoms with Crippen molar-refractivity contribution in [3.8, 4) is 0 Å². The zero-order chi connectivity index (χ0) is 18.0. The summed E-state index contributed by atoms with van der Waals surface area (Å²) in [5.41, 5.74) is 0.919. The fourth-order valence-electron chi connectivity index (χ4n) is 2.23. The Labute approximate surface area is 155 Å². The molecular formula is C16H14BrN3O4S. The van der Waals surface area contributed by atoms with Gasteiger partial charge in [-0.2, -0.15) is 4.99 Å². The van der Waals surface area contributed by atoms with Crippen molar-refractivity contribution in [3.63, 3.8) is 0 Å². The molecule has 0 aliphatic rings. The number of ether oxygens (including phenoxy) is 1. The third-order valence-corrected chi connectivity index (χ3v) is 4.82. The van der Waals surface area contributed by atoms with E-state index in [1.165, 1.54) is 17.4 Å². The maximum atomic E-state index is 12.3. The van der Waals surface area contributed by atoms with Gasteiger partial charge in [0.25, 0.3) is 0 Å². The Morgan fingerprint density at radius 2 is 2.20 bits per heavy atom. The number of esters is 1. The maximum Gasteiger partial charge on any atom is 0.326 e. The van der Waals surface area contributed by atoms with Crippen LogP contribution in [0.2, 0.25) is 0 Å². The molecule has 130 valence electrons. The Kier molecular flexibility index (Phi) is 5.14. The van der Waals surface area contributed by atoms with E-state index in [0.29, 0.717) is 10.6 Å². The summed E-state index contributed by atoms with van der Waals surface area (Å²) in [6.07, 6.45) is 0. The topological polar surface area (TPSA) is 86.7 Å². The van der Waals surface area contributed by atoms with E-state index in [4.69, 9.17) is 9.26 Å². The van der Waals surface area contributed by atoms with Gasteiger partial charge in [-0.3, -0.25) is 9.59 Å². The van der Waals surface area contributed by atoms with Crippen LogP contribution in [0.4, 0.5) is 0 Å². The van der Waals surface area contributed by atoms with Gasteiger partial charge in [0.2, 0.25) is 0 Å². The molecule has 0 saturated carbocycles. The first-order chi connectivity index (χ1) is 12.0. The minimum atomic E-state index is -0.528. The molecule has 0 N–H and O–H groups in total. The zero-order valence-corrected chi connectivity index (χ0v) is 15.9. The summed E-state index contributed by atoms with van der Waals surface area (Å²) >= 11 is 4.73. The zero-order valence-electron chi connectivity index (χ0n) is 13.5. The number of nitrogens with zero attached hydrogens (tertiary/aromatic N) is 3. The lowest BCUT2D eigenvalue weighted by Crippen LogP contribution is -2.23. The second-order valence-corrected chi connectivity index (χ2v) is 7.05. The smallest absolute Gasteiger partial charge is 0.326 e. The number of thiazole rings is 1. The van der Waals surface area contributed by atoms with Gasteiger partial charge in [0.1, 0.15) is 12.3 Å². The number of hydrogen-bond acceptors (Lipinski definition) is 6. The standard InChI is InChI=1S/C16H14BrN3O4S/c1-3-23-14(21)8-20-12-5-4-10(17)7-13(12)25-16(20)18-15(22)11-6-9(2)24-19-11/h4-7H,3,8H2,1-2H3. The van der Waals surface area contributed by atoms with Crippen molar-refractivity contribution >= 4 is 49.4 Å². The van der Waals surface area contributed by atoms with Gasteiger partial charge in [-0.1, -0.05) is 32.4 Å². The molecule has 3 aromatic rings. The molecule has 25 heavy (non-hydrogen) atoms. The number of amides is 1. The molecule has 7 nitrogen and oxygen atoms in total. The van der Waals surface area contributed by atoms with Gasteiger partial charge in [-0.25, -0.2) is 0 Å². The van der Waals surface area contributed by atoms with E-state index in [9.17, 15) is 9.59 Å². The maximum absolute atomic E-state index is 12.3. The van der Waals surface area contributed by atoms with Crippen LogP contribution in [-0.2, 0) is 16.1 Å². The highest BCUT2D eigenvalue weighted by Gasteiger charge is 2.14. The molecule has 9 heteroatoms. The van der Waals surface area contributed by atoms with E-state index in [2.05, 4.69) is 26.1 Å². The number of carbonyl (C=O) groups is 2. The Hall–Kier alpha value is -2.26. The van der Waals surface area contributed by atoms with E-state index in [1.807, 2.05) is 18.2 Å². The Balaban J connectivity index is 2.10. The highest BCUT2D eigenvalue weighted by atomic mass is 79.9. The van der Waals surface area contributed by atoms with Crippen LogP contribution in [-0.4, -0.2) is 28.2 Å². The van der Waals surface area contributed by atoms with Crippen molar-refractivity contribution in [1.82, 2.24) is 9.72 Å². The van der Waals surface area contributed by atoms with Crippen molar-refractivity contribution in [2.24, 2.45) is 4.99 Å². The van der Waals surface area contributed by atoms with E-state index in [1.54, 1.807) is 18.4 Å². The Bertz CT molecular complexity index is 1020. The van der Waals surface area contributed by atoms with Crippen molar-refractivity contribution in [3.05, 3.63) is 45.0 Å². The molecule has 1 aromatic carbocycles. The lowest BCUT2D eigenvalue weighted by atomic mass is 10.3. The third-order valence-electron chi connectivity index (χ3n) is 3.28. The van der Waals surface area contributed by atoms with Crippen LogP contribution in [0.5, 0.6) is 0 Å². The summed E-state index contributed by atoms with van der Waals surface area (Å²) in [6.45, 7) is 3.70. The molecule has 0 radical (unpaired) electrons. The number of benzene rings is 1. The molecule has 0 fully saturated rings. The second-order valence-electron chi connectivity index (χ2n) is 5.13. The SMILES string of the molecule is CCOC(=O)Cn1c(=NC(=O)c2cc(C)on2)sc2cc(Br)ccc21. The van der Waals surface area contributed by atoms with Gasteiger partial charge in [0.05, 0.1) is 16.8 Å². The molecule has 0 saturated heterocycles. The molecule has 2 heterocycles. The molecule has 2 aromatic heterocycles. The number of aryl methyl sites for hydroxylation is 1. The van der Waals surface area contributed by atoms with Crippen molar-refractivity contribution < 1.29 is 18.8 Å². The number of fused-ring (bicyclic) bond motifs is 1. The van der Waals surface area contributed by atoms with E-state index >= 15 is 0 Å². The minimum Gasteiger partial charge on any atom is -0.465 e. The number of halogens is 1. The van der Waals surface area contributed by atoms with Crippen LogP contribution in [0.3, 0.4) is 0 Å². The third kappa shape index (κ3) is 3.88. The average molecular weight is 424 g/mol.